The van der Waals surface area contributed by atoms with Gasteiger partial charge in [0, 0.05) is 31.4 Å². The highest BCUT2D eigenvalue weighted by Crippen LogP contribution is 2.28. The van der Waals surface area contributed by atoms with Crippen LogP contribution in [0.1, 0.15) is 24.0 Å². The number of nitrogens with zero attached hydrogens (tertiary/aromatic N) is 2. The van der Waals surface area contributed by atoms with Gasteiger partial charge < -0.3 is 9.84 Å². The first-order valence-corrected chi connectivity index (χ1v) is 8.41. The molecule has 0 amide bonds. The number of hydrogen-bond donors (Lipinski definition) is 1. The number of methoxy groups -OCH3 is 1. The van der Waals surface area contributed by atoms with Crippen molar-refractivity contribution in [3.8, 4) is 11.5 Å². The lowest BCUT2D eigenvalue weighted by molar-refractivity contribution is 0.206. The molecule has 126 valence electrons. The number of likely N-dealkylation sites (tertiary alicyclic amines) is 1. The zero-order chi connectivity index (χ0) is 16.8. The molecule has 2 aromatic rings. The summed E-state index contributed by atoms with van der Waals surface area (Å²) in [7, 11) is 1.55. The standard InChI is InChI=1S/C20H24N2O2/c1-24-19-9-5-8-17(20(19)23)14-21-18-10-12-22(13-11-18)15-16-6-3-2-4-7-16/h2-9,14,18,23H,10-13,15H2,1H3. The van der Waals surface area contributed by atoms with Crippen molar-refractivity contribution >= 4 is 6.21 Å². The average molecular weight is 324 g/mol. The van der Waals surface area contributed by atoms with Crippen LogP contribution in [0, 0.1) is 0 Å². The summed E-state index contributed by atoms with van der Waals surface area (Å²) in [6, 6.07) is 16.4. The van der Waals surface area contributed by atoms with Gasteiger partial charge in [0.05, 0.1) is 13.2 Å². The Bertz CT molecular complexity index is 677. The lowest BCUT2D eigenvalue weighted by Crippen LogP contribution is -2.34. The molecular weight excluding hydrogens is 300 g/mol. The van der Waals surface area contributed by atoms with Crippen LogP contribution in [-0.4, -0.2) is 42.5 Å². The second-order valence-corrected chi connectivity index (χ2v) is 6.17. The van der Waals surface area contributed by atoms with Crippen LogP contribution in [0.25, 0.3) is 0 Å². The molecule has 0 atom stereocenters. The van der Waals surface area contributed by atoms with Crippen molar-refractivity contribution in [2.75, 3.05) is 20.2 Å². The lowest BCUT2D eigenvalue weighted by Gasteiger charge is -2.30. The van der Waals surface area contributed by atoms with Gasteiger partial charge in [0.15, 0.2) is 11.5 Å². The average Bonchev–Trinajstić information content (AvgIpc) is 2.63. The normalized spacial score (nSPS) is 16.5. The van der Waals surface area contributed by atoms with Crippen LogP contribution in [0.3, 0.4) is 0 Å². The summed E-state index contributed by atoms with van der Waals surface area (Å²) in [6.45, 7) is 3.12. The minimum atomic E-state index is 0.158. The third-order valence-corrected chi connectivity index (χ3v) is 4.48. The molecule has 2 aromatic carbocycles. The topological polar surface area (TPSA) is 45.1 Å². The van der Waals surface area contributed by atoms with Crippen molar-refractivity contribution in [3.05, 3.63) is 59.7 Å². The maximum Gasteiger partial charge on any atom is 0.166 e. The zero-order valence-corrected chi connectivity index (χ0v) is 14.1. The van der Waals surface area contributed by atoms with Gasteiger partial charge in [-0.05, 0) is 30.5 Å². The number of phenolic OH excluding ortho intramolecular Hbond substituents is 1. The van der Waals surface area contributed by atoms with E-state index in [-0.39, 0.29) is 5.75 Å². The highest BCUT2D eigenvalue weighted by Gasteiger charge is 2.18. The molecule has 1 fully saturated rings. The maximum atomic E-state index is 10.1. The van der Waals surface area contributed by atoms with E-state index in [1.54, 1.807) is 19.4 Å². The molecule has 24 heavy (non-hydrogen) atoms. The molecular formula is C20H24N2O2. The summed E-state index contributed by atoms with van der Waals surface area (Å²) in [4.78, 5) is 7.14. The molecule has 4 heteroatoms. The van der Waals surface area contributed by atoms with E-state index in [2.05, 4.69) is 40.2 Å². The fourth-order valence-corrected chi connectivity index (χ4v) is 3.06. The number of hydrogen-bond acceptors (Lipinski definition) is 4. The lowest BCUT2D eigenvalue weighted by atomic mass is 10.0. The summed E-state index contributed by atoms with van der Waals surface area (Å²) in [6.07, 6.45) is 3.87. The molecule has 0 saturated carbocycles. The largest absolute Gasteiger partial charge is 0.504 e. The van der Waals surface area contributed by atoms with E-state index >= 15 is 0 Å². The molecule has 1 aliphatic rings. The van der Waals surface area contributed by atoms with Crippen LogP contribution in [0.4, 0.5) is 0 Å². The van der Waals surface area contributed by atoms with Crippen LogP contribution in [0.15, 0.2) is 53.5 Å². The van der Waals surface area contributed by atoms with Crippen molar-refractivity contribution in [2.24, 2.45) is 4.99 Å². The first-order valence-electron chi connectivity index (χ1n) is 8.41. The summed E-state index contributed by atoms with van der Waals surface area (Å²) in [5, 5.41) is 10.1. The van der Waals surface area contributed by atoms with E-state index in [1.165, 1.54) is 5.56 Å². The first-order chi connectivity index (χ1) is 11.8. The molecule has 1 aliphatic heterocycles. The molecule has 4 nitrogen and oxygen atoms in total. The van der Waals surface area contributed by atoms with Gasteiger partial charge in [-0.1, -0.05) is 36.4 Å². The Morgan fingerprint density at radius 1 is 1.12 bits per heavy atom. The third-order valence-electron chi connectivity index (χ3n) is 4.48. The molecule has 0 aliphatic carbocycles. The van der Waals surface area contributed by atoms with Gasteiger partial charge in [-0.25, -0.2) is 0 Å². The van der Waals surface area contributed by atoms with Crippen LogP contribution in [0.2, 0.25) is 0 Å². The van der Waals surface area contributed by atoms with Gasteiger partial charge in [0.2, 0.25) is 0 Å². The number of phenols is 1. The van der Waals surface area contributed by atoms with Crippen molar-refractivity contribution in [3.63, 3.8) is 0 Å². The molecule has 1 N–H and O–H groups in total. The fourth-order valence-electron chi connectivity index (χ4n) is 3.06. The minimum absolute atomic E-state index is 0.158. The van der Waals surface area contributed by atoms with Crippen molar-refractivity contribution in [1.29, 1.82) is 0 Å². The summed E-state index contributed by atoms with van der Waals surface area (Å²) < 4.78 is 5.13. The van der Waals surface area contributed by atoms with Crippen molar-refractivity contribution < 1.29 is 9.84 Å². The van der Waals surface area contributed by atoms with Gasteiger partial charge in [-0.2, -0.15) is 0 Å². The fraction of sp³-hybridized carbons (Fsp3) is 0.350. The Kier molecular flexibility index (Phi) is 5.49. The Morgan fingerprint density at radius 2 is 1.88 bits per heavy atom. The van der Waals surface area contributed by atoms with Crippen molar-refractivity contribution in [1.82, 2.24) is 4.90 Å². The predicted octanol–water partition coefficient (Wildman–Crippen LogP) is 3.48. The molecule has 0 unspecified atom stereocenters. The molecule has 1 saturated heterocycles. The summed E-state index contributed by atoms with van der Waals surface area (Å²) in [5.41, 5.74) is 2.07. The van der Waals surface area contributed by atoms with Gasteiger partial charge in [-0.15, -0.1) is 0 Å². The van der Waals surface area contributed by atoms with E-state index in [9.17, 15) is 5.11 Å². The molecule has 0 radical (unpaired) electrons. The Labute approximate surface area is 143 Å². The minimum Gasteiger partial charge on any atom is -0.504 e. The molecule has 0 spiro atoms. The van der Waals surface area contributed by atoms with Gasteiger partial charge in [0.25, 0.3) is 0 Å². The summed E-state index contributed by atoms with van der Waals surface area (Å²) >= 11 is 0. The monoisotopic (exact) mass is 324 g/mol. The highest BCUT2D eigenvalue weighted by molar-refractivity contribution is 5.84. The van der Waals surface area contributed by atoms with E-state index in [1.807, 2.05) is 12.1 Å². The number of benzene rings is 2. The first kappa shape index (κ1) is 16.5. The van der Waals surface area contributed by atoms with Crippen LogP contribution >= 0.6 is 0 Å². The molecule has 3 rings (SSSR count). The number of rotatable bonds is 5. The van der Waals surface area contributed by atoms with E-state index in [0.717, 1.165) is 32.5 Å². The van der Waals surface area contributed by atoms with Gasteiger partial charge >= 0.3 is 0 Å². The summed E-state index contributed by atoms with van der Waals surface area (Å²) in [5.74, 6) is 0.641. The third kappa shape index (κ3) is 4.15. The smallest absolute Gasteiger partial charge is 0.166 e. The Hall–Kier alpha value is -2.33. The van der Waals surface area contributed by atoms with Crippen LogP contribution in [-0.2, 0) is 6.54 Å². The molecule has 0 bridgehead atoms. The number of aliphatic imine (C=N–C) groups is 1. The Morgan fingerprint density at radius 3 is 2.58 bits per heavy atom. The highest BCUT2D eigenvalue weighted by atomic mass is 16.5. The maximum absolute atomic E-state index is 10.1. The van der Waals surface area contributed by atoms with Crippen molar-refractivity contribution in [2.45, 2.75) is 25.4 Å². The quantitative estimate of drug-likeness (QED) is 0.856. The van der Waals surface area contributed by atoms with Gasteiger partial charge in [0.1, 0.15) is 0 Å². The number of ether oxygens (including phenoxy) is 1. The second kappa shape index (κ2) is 7.97. The van der Waals surface area contributed by atoms with Crippen LogP contribution < -0.4 is 4.74 Å². The van der Waals surface area contributed by atoms with Crippen LogP contribution in [0.5, 0.6) is 11.5 Å². The van der Waals surface area contributed by atoms with Gasteiger partial charge in [-0.3, -0.25) is 9.89 Å². The van der Waals surface area contributed by atoms with E-state index in [0.29, 0.717) is 17.4 Å². The number of piperidine rings is 1. The zero-order valence-electron chi connectivity index (χ0n) is 14.1. The SMILES string of the molecule is COc1cccc(C=NC2CCN(Cc3ccccc3)CC2)c1O. The molecule has 0 aromatic heterocycles. The molecule has 1 heterocycles. The number of para-hydroxylation sites is 1. The Balaban J connectivity index is 1.54. The van der Waals surface area contributed by atoms with E-state index in [4.69, 9.17) is 4.74 Å². The predicted molar refractivity (Wildman–Crippen MR) is 97.0 cm³/mol. The number of aromatic hydroxyl groups is 1. The van der Waals surface area contributed by atoms with E-state index < -0.39 is 0 Å². The second-order valence-electron chi connectivity index (χ2n) is 6.17.